The summed E-state index contributed by atoms with van der Waals surface area (Å²) < 4.78 is 1.86. The average Bonchev–Trinajstić information content (AvgIpc) is 3.57. The fourth-order valence-electron chi connectivity index (χ4n) is 9.06. The number of hydrogen-bond donors (Lipinski definition) is 0. The minimum Gasteiger partial charge on any atom is -0.277 e. The second-order valence-corrected chi connectivity index (χ2v) is 12.3. The van der Waals surface area contributed by atoms with E-state index in [2.05, 4.69) is 38.1 Å². The van der Waals surface area contributed by atoms with Gasteiger partial charge in [0.1, 0.15) is 5.82 Å². The zero-order valence-corrected chi connectivity index (χ0v) is 23.2. The minimum atomic E-state index is -0.771. The number of aromatic nitrogens is 2. The van der Waals surface area contributed by atoms with E-state index in [-0.39, 0.29) is 17.7 Å². The predicted octanol–water partition coefficient (Wildman–Crippen LogP) is 6.93. The summed E-state index contributed by atoms with van der Waals surface area (Å²) in [6.07, 6.45) is 0.648. The van der Waals surface area contributed by atoms with Gasteiger partial charge in [0.2, 0.25) is 5.91 Å². The third-order valence-corrected chi connectivity index (χ3v) is 10.9. The molecule has 0 bridgehead atoms. The predicted molar refractivity (Wildman–Crippen MR) is 163 cm³/mol. The van der Waals surface area contributed by atoms with Crippen LogP contribution in [-0.2, 0) is 10.8 Å². The van der Waals surface area contributed by atoms with Crippen molar-refractivity contribution in [2.75, 3.05) is 7.05 Å². The molecule has 2 atom stereocenters. The normalized spacial score (nSPS) is 22.5. The van der Waals surface area contributed by atoms with Crippen molar-refractivity contribution in [2.24, 2.45) is 0 Å². The summed E-state index contributed by atoms with van der Waals surface area (Å²) in [7, 11) is 1.54. The molecule has 0 spiro atoms. The van der Waals surface area contributed by atoms with E-state index in [9.17, 15) is 14.4 Å². The maximum absolute atomic E-state index is 14.7. The number of carbonyl (C=O) groups excluding carboxylic acids is 3. The van der Waals surface area contributed by atoms with Crippen molar-refractivity contribution in [3.63, 3.8) is 0 Å². The van der Waals surface area contributed by atoms with Crippen molar-refractivity contribution in [1.82, 2.24) is 14.5 Å². The van der Waals surface area contributed by atoms with Gasteiger partial charge < -0.3 is 0 Å². The van der Waals surface area contributed by atoms with Crippen LogP contribution in [0.4, 0.5) is 0 Å². The molecule has 200 valence electrons. The highest BCUT2D eigenvalue weighted by molar-refractivity contribution is 6.39. The first-order valence-corrected chi connectivity index (χ1v) is 14.4. The first-order valence-electron chi connectivity index (χ1n) is 14.4. The lowest BCUT2D eigenvalue weighted by atomic mass is 9.62. The van der Waals surface area contributed by atoms with E-state index >= 15 is 0 Å². The van der Waals surface area contributed by atoms with Crippen LogP contribution in [0.1, 0.15) is 62.7 Å². The second kappa shape index (κ2) is 6.68. The fraction of sp³-hybridized carbons (Fsp3) is 0.167. The Kier molecular flexibility index (Phi) is 3.59. The Hall–Kier alpha value is -5.10. The van der Waals surface area contributed by atoms with Crippen LogP contribution in [-0.4, -0.2) is 39.2 Å². The largest absolute Gasteiger partial charge is 0.277 e. The lowest BCUT2D eigenvalue weighted by Crippen LogP contribution is -2.45. The molecule has 0 radical (unpaired) electrons. The van der Waals surface area contributed by atoms with Gasteiger partial charge in [0.25, 0.3) is 11.8 Å². The van der Waals surface area contributed by atoms with Crippen LogP contribution < -0.4 is 0 Å². The average molecular weight is 546 g/mol. The number of hydrogen-bond acceptors (Lipinski definition) is 4. The van der Waals surface area contributed by atoms with E-state index in [4.69, 9.17) is 4.98 Å². The van der Waals surface area contributed by atoms with Gasteiger partial charge in [-0.15, -0.1) is 0 Å². The Morgan fingerprint density at radius 1 is 0.690 bits per heavy atom. The number of amides is 2. The van der Waals surface area contributed by atoms with E-state index in [0.717, 1.165) is 71.1 Å². The lowest BCUT2D eigenvalue weighted by molar-refractivity contribution is 0.0650. The van der Waals surface area contributed by atoms with Crippen LogP contribution in [0.3, 0.4) is 0 Å². The quantitative estimate of drug-likeness (QED) is 0.127. The summed E-state index contributed by atoms with van der Waals surface area (Å²) in [5.74, 6) is 0.338. The van der Waals surface area contributed by atoms with Gasteiger partial charge in [-0.25, -0.2) is 4.98 Å². The third kappa shape index (κ3) is 1.99. The van der Waals surface area contributed by atoms with Gasteiger partial charge in [-0.2, -0.15) is 0 Å². The molecule has 3 aliphatic rings. The number of para-hydroxylation sites is 2. The van der Waals surface area contributed by atoms with E-state index in [1.54, 1.807) is 0 Å². The number of carbonyl (C=O) groups is 3. The van der Waals surface area contributed by atoms with Crippen molar-refractivity contribution in [3.8, 4) is 0 Å². The molecule has 0 N–H and O–H groups in total. The van der Waals surface area contributed by atoms with Crippen molar-refractivity contribution >= 4 is 71.8 Å². The molecule has 6 aromatic carbocycles. The molecule has 6 nitrogen and oxygen atoms in total. The Morgan fingerprint density at radius 3 is 1.90 bits per heavy atom. The van der Waals surface area contributed by atoms with Crippen molar-refractivity contribution < 1.29 is 14.4 Å². The van der Waals surface area contributed by atoms with Crippen LogP contribution in [0, 0.1) is 0 Å². The molecule has 0 saturated heterocycles. The summed E-state index contributed by atoms with van der Waals surface area (Å²) in [6, 6.07) is 24.3. The molecule has 1 aliphatic carbocycles. The lowest BCUT2D eigenvalue weighted by Gasteiger charge is -2.35. The molecular weight excluding hydrogens is 522 g/mol. The SMILES string of the molecule is CCC12C(=O)n3c(nc4ccccc43)C1(C)c1ccc3c4ccc5c6c(ccc(c7ccc2c1c73)c64)C(=O)N(C)C5=O. The zero-order chi connectivity index (χ0) is 28.4. The van der Waals surface area contributed by atoms with Gasteiger partial charge in [-0.3, -0.25) is 23.9 Å². The number of imide groups is 1. The van der Waals surface area contributed by atoms with E-state index < -0.39 is 10.8 Å². The highest BCUT2D eigenvalue weighted by atomic mass is 16.2. The smallest absolute Gasteiger partial charge is 0.261 e. The molecule has 2 amide bonds. The third-order valence-electron chi connectivity index (χ3n) is 10.9. The van der Waals surface area contributed by atoms with Gasteiger partial charge in [0, 0.05) is 23.6 Å². The summed E-state index contributed by atoms with van der Waals surface area (Å²) in [5.41, 5.74) is 3.59. The Bertz CT molecular complexity index is 2440. The first-order chi connectivity index (χ1) is 20.3. The maximum atomic E-state index is 14.7. The summed E-state index contributed by atoms with van der Waals surface area (Å²) in [5, 5.41) is 8.10. The van der Waals surface area contributed by atoms with Gasteiger partial charge >= 0.3 is 0 Å². The molecule has 6 heteroatoms. The van der Waals surface area contributed by atoms with Gasteiger partial charge in [-0.05, 0) is 86.4 Å². The molecule has 0 fully saturated rings. The zero-order valence-electron chi connectivity index (χ0n) is 23.2. The number of imidazole rings is 1. The monoisotopic (exact) mass is 545 g/mol. The number of rotatable bonds is 1. The van der Waals surface area contributed by atoms with Crippen molar-refractivity contribution in [1.29, 1.82) is 0 Å². The Morgan fingerprint density at radius 2 is 1.26 bits per heavy atom. The number of fused-ring (bicyclic) bond motifs is 9. The molecule has 2 unspecified atom stereocenters. The summed E-state index contributed by atoms with van der Waals surface area (Å²) in [6.45, 7) is 4.32. The van der Waals surface area contributed by atoms with Gasteiger partial charge in [-0.1, -0.05) is 55.5 Å². The van der Waals surface area contributed by atoms with Gasteiger partial charge in [0.05, 0.1) is 21.9 Å². The van der Waals surface area contributed by atoms with E-state index in [1.165, 1.54) is 11.9 Å². The van der Waals surface area contributed by atoms with Crippen molar-refractivity contribution in [3.05, 3.63) is 101 Å². The van der Waals surface area contributed by atoms with E-state index in [1.807, 2.05) is 53.1 Å². The fourth-order valence-corrected chi connectivity index (χ4v) is 9.06. The van der Waals surface area contributed by atoms with Crippen LogP contribution >= 0.6 is 0 Å². The van der Waals surface area contributed by atoms with Crippen molar-refractivity contribution in [2.45, 2.75) is 31.1 Å². The van der Waals surface area contributed by atoms with E-state index in [0.29, 0.717) is 17.5 Å². The molecule has 2 aliphatic heterocycles. The van der Waals surface area contributed by atoms with Gasteiger partial charge in [0.15, 0.2) is 0 Å². The Balaban J connectivity index is 1.40. The molecule has 42 heavy (non-hydrogen) atoms. The molecule has 0 saturated carbocycles. The maximum Gasteiger partial charge on any atom is 0.261 e. The van der Waals surface area contributed by atoms with Crippen LogP contribution in [0.5, 0.6) is 0 Å². The standard InChI is InChI=1S/C36H23N3O3/c1-4-36-24-16-14-20-18-10-12-22-29-21(31(40)38(3)32(22)41)11-9-17(27(18)29)19-13-15-23(30(24)28(19)20)35(36,2)33-37-25-7-5-6-8-26(25)39(33)34(36)42/h5-16H,4H2,1-3H3. The highest BCUT2D eigenvalue weighted by Crippen LogP contribution is 2.64. The van der Waals surface area contributed by atoms with Crippen LogP contribution in [0.2, 0.25) is 0 Å². The molecule has 1 aromatic heterocycles. The Labute approximate surface area is 239 Å². The summed E-state index contributed by atoms with van der Waals surface area (Å²) >= 11 is 0. The minimum absolute atomic E-state index is 0.0835. The summed E-state index contributed by atoms with van der Waals surface area (Å²) in [4.78, 5) is 47.3. The number of nitrogens with zero attached hydrogens (tertiary/aromatic N) is 3. The first kappa shape index (κ1) is 22.6. The van der Waals surface area contributed by atoms with Crippen LogP contribution in [0.25, 0.3) is 54.1 Å². The second-order valence-electron chi connectivity index (χ2n) is 12.3. The molecular formula is C36H23N3O3. The molecule has 3 heterocycles. The molecule has 7 aromatic rings. The number of benzene rings is 6. The highest BCUT2D eigenvalue weighted by Gasteiger charge is 2.67. The van der Waals surface area contributed by atoms with Crippen LogP contribution in [0.15, 0.2) is 72.8 Å². The molecule has 10 rings (SSSR count). The topological polar surface area (TPSA) is 72.3 Å².